The maximum atomic E-state index is 10.7. The summed E-state index contributed by atoms with van der Waals surface area (Å²) < 4.78 is 2.75. The van der Waals surface area contributed by atoms with Crippen LogP contribution in [0.5, 0.6) is 0 Å². The van der Waals surface area contributed by atoms with Gasteiger partial charge in [-0.3, -0.25) is 14.6 Å². The topological polar surface area (TPSA) is 63.2 Å². The predicted molar refractivity (Wildman–Crippen MR) is 106 cm³/mol. The lowest BCUT2D eigenvalue weighted by molar-refractivity contribution is -0.126. The third-order valence-electron chi connectivity index (χ3n) is 2.41. The molecule has 0 spiro atoms. The third-order valence-corrected chi connectivity index (χ3v) is 3.82. The van der Waals surface area contributed by atoms with E-state index < -0.39 is 0 Å². The fraction of sp³-hybridized carbons (Fsp3) is 0.250. The minimum atomic E-state index is -0.00694. The van der Waals surface area contributed by atoms with E-state index in [1.807, 2.05) is 12.1 Å². The number of nitrogens with zero attached hydrogens (tertiary/aromatic N) is 3. The first-order valence-electron chi connectivity index (χ1n) is 6.71. The number of rotatable bonds is 1. The Kier molecular flexibility index (Phi) is 11.7. The van der Waals surface area contributed by atoms with E-state index in [-0.39, 0.29) is 11.7 Å². The Morgan fingerprint density at radius 1 is 0.875 bits per heavy atom. The maximum absolute atomic E-state index is 10.7. The molecule has 0 unspecified atom stereocenters. The SMILES string of the molecule is Brc1ccc(Br)nc1.CC(=O)N(C)C.CC(=O)c1ccc(Br)cn1. The molecule has 2 heterocycles. The quantitative estimate of drug-likeness (QED) is 0.400. The Balaban J connectivity index is 0.000000343. The van der Waals surface area contributed by atoms with E-state index in [0.29, 0.717) is 5.69 Å². The second kappa shape index (κ2) is 12.3. The normalized spacial score (nSPS) is 8.96. The van der Waals surface area contributed by atoms with Crippen molar-refractivity contribution in [1.82, 2.24) is 14.9 Å². The first-order valence-corrected chi connectivity index (χ1v) is 9.08. The number of aromatic nitrogens is 2. The molecule has 1 amide bonds. The van der Waals surface area contributed by atoms with Crippen LogP contribution < -0.4 is 0 Å². The van der Waals surface area contributed by atoms with E-state index in [0.717, 1.165) is 13.5 Å². The molecule has 24 heavy (non-hydrogen) atoms. The maximum Gasteiger partial charge on any atom is 0.218 e. The Hall–Kier alpha value is -1.12. The molecule has 0 bridgehead atoms. The molecule has 0 aromatic carbocycles. The van der Waals surface area contributed by atoms with Crippen LogP contribution in [-0.4, -0.2) is 40.7 Å². The van der Waals surface area contributed by atoms with Crippen molar-refractivity contribution < 1.29 is 9.59 Å². The molecule has 130 valence electrons. The van der Waals surface area contributed by atoms with Crippen molar-refractivity contribution in [3.05, 3.63) is 55.9 Å². The summed E-state index contributed by atoms with van der Waals surface area (Å²) in [6.45, 7) is 3.02. The van der Waals surface area contributed by atoms with Crippen LogP contribution in [0.2, 0.25) is 0 Å². The largest absolute Gasteiger partial charge is 0.349 e. The van der Waals surface area contributed by atoms with Crippen LogP contribution >= 0.6 is 47.8 Å². The first kappa shape index (κ1) is 22.9. The molecule has 0 fully saturated rings. The molecule has 0 N–H and O–H groups in total. The Labute approximate surface area is 167 Å². The fourth-order valence-corrected chi connectivity index (χ4v) is 1.65. The molecule has 0 radical (unpaired) electrons. The molecule has 2 rings (SSSR count). The van der Waals surface area contributed by atoms with E-state index in [1.54, 1.807) is 38.6 Å². The summed E-state index contributed by atoms with van der Waals surface area (Å²) in [5.74, 6) is 0.0856. The van der Waals surface area contributed by atoms with Crippen LogP contribution in [0, 0.1) is 0 Å². The average Bonchev–Trinajstić information content (AvgIpc) is 2.52. The number of carbonyl (C=O) groups excluding carboxylic acids is 2. The number of halogens is 3. The van der Waals surface area contributed by atoms with E-state index in [9.17, 15) is 9.59 Å². The zero-order chi connectivity index (χ0) is 18.7. The fourth-order valence-electron chi connectivity index (χ4n) is 0.942. The van der Waals surface area contributed by atoms with E-state index in [2.05, 4.69) is 57.8 Å². The van der Waals surface area contributed by atoms with Gasteiger partial charge in [-0.25, -0.2) is 4.98 Å². The Morgan fingerprint density at radius 2 is 1.33 bits per heavy atom. The molecule has 0 atom stereocenters. The van der Waals surface area contributed by atoms with Crippen LogP contribution in [0.25, 0.3) is 0 Å². The van der Waals surface area contributed by atoms with E-state index in [4.69, 9.17) is 0 Å². The standard InChI is InChI=1S/C7H6BrNO.C5H3Br2N.C4H9NO/c1-5(10)7-3-2-6(8)4-9-7;6-4-1-2-5(7)8-3-4;1-4(6)5(2)3/h2-4H,1H3;1-3H;1-3H3. The predicted octanol–water partition coefficient (Wildman–Crippen LogP) is 4.75. The first-order chi connectivity index (χ1) is 11.1. The molecular weight excluding hydrogens is 506 g/mol. The number of Topliss-reactive ketones (excluding diaryl/α,β-unsaturated/α-hetero) is 1. The van der Waals surface area contributed by atoms with Crippen molar-refractivity contribution in [2.24, 2.45) is 0 Å². The van der Waals surface area contributed by atoms with Gasteiger partial charge in [-0.2, -0.15) is 0 Å². The molecule has 2 aromatic rings. The van der Waals surface area contributed by atoms with Crippen LogP contribution in [-0.2, 0) is 4.79 Å². The van der Waals surface area contributed by atoms with Crippen LogP contribution in [0.3, 0.4) is 0 Å². The summed E-state index contributed by atoms with van der Waals surface area (Å²) in [6, 6.07) is 7.29. The lowest BCUT2D eigenvalue weighted by Gasteiger charge is -2.02. The van der Waals surface area contributed by atoms with Gasteiger partial charge >= 0.3 is 0 Å². The van der Waals surface area contributed by atoms with Gasteiger partial charge in [0.2, 0.25) is 5.91 Å². The highest BCUT2D eigenvalue weighted by molar-refractivity contribution is 9.11. The van der Waals surface area contributed by atoms with E-state index in [1.165, 1.54) is 18.7 Å². The van der Waals surface area contributed by atoms with Gasteiger partial charge in [0, 0.05) is 49.3 Å². The molecular formula is C16H18Br3N3O2. The Morgan fingerprint density at radius 3 is 1.58 bits per heavy atom. The number of carbonyl (C=O) groups is 2. The number of amides is 1. The highest BCUT2D eigenvalue weighted by Gasteiger charge is 1.97. The van der Waals surface area contributed by atoms with Gasteiger partial charge in [0.05, 0.1) is 0 Å². The van der Waals surface area contributed by atoms with Crippen molar-refractivity contribution in [2.75, 3.05) is 14.1 Å². The summed E-state index contributed by atoms with van der Waals surface area (Å²) in [5, 5.41) is 0. The third kappa shape index (κ3) is 11.4. The Bertz CT molecular complexity index is 624. The molecule has 5 nitrogen and oxygen atoms in total. The minimum absolute atomic E-state index is 0.00694. The van der Waals surface area contributed by atoms with Gasteiger partial charge in [0.15, 0.2) is 5.78 Å². The monoisotopic (exact) mass is 521 g/mol. The molecule has 2 aromatic heterocycles. The summed E-state index contributed by atoms with van der Waals surface area (Å²) >= 11 is 9.70. The lowest BCUT2D eigenvalue weighted by atomic mass is 10.3. The highest BCUT2D eigenvalue weighted by atomic mass is 79.9. The molecule has 0 aliphatic heterocycles. The van der Waals surface area contributed by atoms with Crippen LogP contribution in [0.1, 0.15) is 24.3 Å². The van der Waals surface area contributed by atoms with Crippen molar-refractivity contribution in [3.8, 4) is 0 Å². The number of hydrogen-bond acceptors (Lipinski definition) is 4. The van der Waals surface area contributed by atoms with Gasteiger partial charge in [0.1, 0.15) is 10.3 Å². The van der Waals surface area contributed by atoms with Gasteiger partial charge in [-0.05, 0) is 72.1 Å². The van der Waals surface area contributed by atoms with E-state index >= 15 is 0 Å². The second-order valence-electron chi connectivity index (χ2n) is 4.63. The van der Waals surface area contributed by atoms with Gasteiger partial charge < -0.3 is 4.90 Å². The summed E-state index contributed by atoms with van der Waals surface area (Å²) in [6.07, 6.45) is 3.35. The summed E-state index contributed by atoms with van der Waals surface area (Å²) in [5.41, 5.74) is 0.503. The lowest BCUT2D eigenvalue weighted by Crippen LogP contribution is -2.17. The number of pyridine rings is 2. The van der Waals surface area contributed by atoms with Crippen LogP contribution in [0.4, 0.5) is 0 Å². The number of ketones is 1. The highest BCUT2D eigenvalue weighted by Crippen LogP contribution is 2.10. The van der Waals surface area contributed by atoms with Crippen molar-refractivity contribution in [2.45, 2.75) is 13.8 Å². The molecule has 8 heteroatoms. The van der Waals surface area contributed by atoms with Crippen molar-refractivity contribution >= 4 is 59.5 Å². The number of hydrogen-bond donors (Lipinski definition) is 0. The van der Waals surface area contributed by atoms with Crippen LogP contribution in [0.15, 0.2) is 50.2 Å². The van der Waals surface area contributed by atoms with Crippen molar-refractivity contribution in [1.29, 1.82) is 0 Å². The molecule has 0 saturated carbocycles. The molecule has 0 aliphatic carbocycles. The zero-order valence-corrected chi connectivity index (χ0v) is 18.5. The minimum Gasteiger partial charge on any atom is -0.349 e. The molecule has 0 aliphatic rings. The summed E-state index contributed by atoms with van der Waals surface area (Å²) in [4.78, 5) is 30.1. The average molecular weight is 524 g/mol. The smallest absolute Gasteiger partial charge is 0.218 e. The van der Waals surface area contributed by atoms with Crippen molar-refractivity contribution in [3.63, 3.8) is 0 Å². The zero-order valence-electron chi connectivity index (χ0n) is 13.8. The van der Waals surface area contributed by atoms with Gasteiger partial charge in [-0.1, -0.05) is 0 Å². The van der Waals surface area contributed by atoms with Gasteiger partial charge in [-0.15, -0.1) is 0 Å². The second-order valence-corrected chi connectivity index (χ2v) is 7.27. The summed E-state index contributed by atoms with van der Waals surface area (Å²) in [7, 11) is 3.45. The molecule has 0 saturated heterocycles. The van der Waals surface area contributed by atoms with Gasteiger partial charge in [0.25, 0.3) is 0 Å².